The second-order valence-electron chi connectivity index (χ2n) is 8.13. The van der Waals surface area contributed by atoms with Crippen molar-refractivity contribution in [1.82, 2.24) is 4.90 Å². The van der Waals surface area contributed by atoms with Crippen molar-refractivity contribution >= 4 is 11.9 Å². The lowest BCUT2D eigenvalue weighted by Gasteiger charge is -2.28. The smallest absolute Gasteiger partial charge is 0.317 e. The van der Waals surface area contributed by atoms with Gasteiger partial charge in [0.2, 0.25) is 0 Å². The number of carboxylic acids is 2. The molecule has 0 aliphatic carbocycles. The minimum atomic E-state index is -1.35. The van der Waals surface area contributed by atoms with Crippen molar-refractivity contribution in [3.05, 3.63) is 35.4 Å². The molecule has 0 amide bonds. The Morgan fingerprint density at radius 3 is 1.90 bits per heavy atom. The van der Waals surface area contributed by atoms with E-state index in [1.807, 2.05) is 14.0 Å². The van der Waals surface area contributed by atoms with E-state index in [2.05, 4.69) is 36.1 Å². The number of aliphatic carboxylic acids is 2. The molecule has 1 atom stereocenters. The molecule has 1 aromatic carbocycles. The number of aryl methyl sites for hydroxylation is 1. The number of unbranched alkanes of at least 4 members (excludes halogenated alkanes) is 6. The lowest BCUT2D eigenvalue weighted by molar-refractivity contribution is -0.155. The van der Waals surface area contributed by atoms with Crippen LogP contribution in [0.2, 0.25) is 0 Å². The maximum absolute atomic E-state index is 11.2. The van der Waals surface area contributed by atoms with E-state index in [-0.39, 0.29) is 12.5 Å². The third-order valence-corrected chi connectivity index (χ3v) is 5.72. The summed E-state index contributed by atoms with van der Waals surface area (Å²) in [6, 6.07) is 8.54. The van der Waals surface area contributed by atoms with Gasteiger partial charge in [-0.1, -0.05) is 76.6 Å². The molecular weight excluding hydrogens is 366 g/mol. The molecule has 0 aromatic heterocycles. The van der Waals surface area contributed by atoms with Crippen LogP contribution in [0.3, 0.4) is 0 Å². The molecule has 0 saturated heterocycles. The van der Waals surface area contributed by atoms with Crippen molar-refractivity contribution in [2.75, 3.05) is 7.05 Å². The summed E-state index contributed by atoms with van der Waals surface area (Å²) in [5, 5.41) is 18.3. The molecule has 0 bridgehead atoms. The minimum Gasteiger partial charge on any atom is -0.481 e. The lowest BCUT2D eigenvalue weighted by atomic mass is 9.97. The van der Waals surface area contributed by atoms with Crippen LogP contribution in [0.15, 0.2) is 24.3 Å². The normalized spacial score (nSPS) is 12.4. The zero-order valence-electron chi connectivity index (χ0n) is 18.4. The molecule has 0 saturated carbocycles. The first-order valence-corrected chi connectivity index (χ1v) is 11.1. The highest BCUT2D eigenvalue weighted by molar-refractivity contribution is 5.92. The standard InChI is InChI=1S/C24H39NO4/c1-4-6-7-8-9-10-11-12-19-13-15-20(16-14-19)18-25(3)21(5-2)17-22(23(26)27)24(28)29/h13-16,21-22H,4-12,17-18H2,1-3H3,(H,26,27)(H,28,29). The van der Waals surface area contributed by atoms with Gasteiger partial charge < -0.3 is 10.2 Å². The number of carbonyl (C=O) groups is 2. The van der Waals surface area contributed by atoms with Crippen LogP contribution in [0.5, 0.6) is 0 Å². The van der Waals surface area contributed by atoms with E-state index in [0.717, 1.165) is 12.0 Å². The van der Waals surface area contributed by atoms with Crippen LogP contribution in [0.4, 0.5) is 0 Å². The predicted octanol–water partition coefficient (Wildman–Crippen LogP) is 5.37. The average molecular weight is 406 g/mol. The molecule has 1 aromatic rings. The van der Waals surface area contributed by atoms with Gasteiger partial charge in [-0.15, -0.1) is 0 Å². The van der Waals surface area contributed by atoms with Crippen molar-refractivity contribution in [1.29, 1.82) is 0 Å². The molecule has 0 heterocycles. The molecule has 164 valence electrons. The van der Waals surface area contributed by atoms with Crippen molar-refractivity contribution in [2.45, 2.75) is 90.6 Å². The van der Waals surface area contributed by atoms with E-state index >= 15 is 0 Å². The van der Waals surface area contributed by atoms with Crippen molar-refractivity contribution in [2.24, 2.45) is 5.92 Å². The van der Waals surface area contributed by atoms with Gasteiger partial charge in [0.15, 0.2) is 5.92 Å². The topological polar surface area (TPSA) is 77.8 Å². The second kappa shape index (κ2) is 14.2. The fourth-order valence-corrected chi connectivity index (χ4v) is 3.75. The van der Waals surface area contributed by atoms with Gasteiger partial charge >= 0.3 is 11.9 Å². The maximum atomic E-state index is 11.2. The Hall–Kier alpha value is -1.88. The third kappa shape index (κ3) is 9.93. The van der Waals surface area contributed by atoms with E-state index in [1.165, 1.54) is 50.5 Å². The summed E-state index contributed by atoms with van der Waals surface area (Å²) in [5.41, 5.74) is 2.52. The van der Waals surface area contributed by atoms with Crippen LogP contribution in [0, 0.1) is 5.92 Å². The summed E-state index contributed by atoms with van der Waals surface area (Å²) in [4.78, 5) is 24.4. The highest BCUT2D eigenvalue weighted by atomic mass is 16.4. The van der Waals surface area contributed by atoms with Crippen molar-refractivity contribution in [3.63, 3.8) is 0 Å². The Labute approximate surface area is 176 Å². The molecule has 0 fully saturated rings. The zero-order valence-corrected chi connectivity index (χ0v) is 18.4. The van der Waals surface area contributed by atoms with Gasteiger partial charge in [0.05, 0.1) is 0 Å². The zero-order chi connectivity index (χ0) is 21.6. The highest BCUT2D eigenvalue weighted by Crippen LogP contribution is 2.18. The van der Waals surface area contributed by atoms with Crippen molar-refractivity contribution in [3.8, 4) is 0 Å². The molecule has 5 nitrogen and oxygen atoms in total. The molecule has 0 aliphatic heterocycles. The highest BCUT2D eigenvalue weighted by Gasteiger charge is 2.30. The summed E-state index contributed by atoms with van der Waals surface area (Å²) in [6.45, 7) is 4.89. The van der Waals surface area contributed by atoms with Gasteiger partial charge in [0.1, 0.15) is 0 Å². The Morgan fingerprint density at radius 1 is 0.862 bits per heavy atom. The molecule has 0 spiro atoms. The van der Waals surface area contributed by atoms with E-state index in [4.69, 9.17) is 10.2 Å². The molecule has 0 radical (unpaired) electrons. The van der Waals surface area contributed by atoms with E-state index < -0.39 is 17.9 Å². The number of nitrogens with zero attached hydrogens (tertiary/aromatic N) is 1. The Balaban J connectivity index is 2.45. The Kier molecular flexibility index (Phi) is 12.3. The third-order valence-electron chi connectivity index (χ3n) is 5.72. The molecular formula is C24H39NO4. The van der Waals surface area contributed by atoms with Gasteiger partial charge in [-0.3, -0.25) is 14.5 Å². The Morgan fingerprint density at radius 2 is 1.38 bits per heavy atom. The van der Waals surface area contributed by atoms with E-state index in [9.17, 15) is 9.59 Å². The first kappa shape index (κ1) is 25.2. The van der Waals surface area contributed by atoms with Crippen LogP contribution < -0.4 is 0 Å². The van der Waals surface area contributed by atoms with E-state index in [1.54, 1.807) is 0 Å². The molecule has 1 rings (SSSR count). The van der Waals surface area contributed by atoms with E-state index in [0.29, 0.717) is 13.0 Å². The summed E-state index contributed by atoms with van der Waals surface area (Å²) < 4.78 is 0. The monoisotopic (exact) mass is 405 g/mol. The minimum absolute atomic E-state index is 0.0837. The first-order chi connectivity index (χ1) is 13.9. The first-order valence-electron chi connectivity index (χ1n) is 11.1. The van der Waals surface area contributed by atoms with Crippen LogP contribution in [-0.2, 0) is 22.6 Å². The number of benzene rings is 1. The molecule has 1 unspecified atom stereocenters. The maximum Gasteiger partial charge on any atom is 0.317 e. The fourth-order valence-electron chi connectivity index (χ4n) is 3.75. The summed E-state index contributed by atoms with van der Waals surface area (Å²) in [6.07, 6.45) is 11.1. The van der Waals surface area contributed by atoms with Crippen LogP contribution in [0.25, 0.3) is 0 Å². The summed E-state index contributed by atoms with van der Waals surface area (Å²) >= 11 is 0. The summed E-state index contributed by atoms with van der Waals surface area (Å²) in [5.74, 6) is -3.88. The van der Waals surface area contributed by atoms with Crippen molar-refractivity contribution < 1.29 is 19.8 Å². The molecule has 0 aliphatic rings. The van der Waals surface area contributed by atoms with Gasteiger partial charge in [0.25, 0.3) is 0 Å². The fraction of sp³-hybridized carbons (Fsp3) is 0.667. The largest absolute Gasteiger partial charge is 0.481 e. The number of carboxylic acid groups (broad SMARTS) is 2. The quantitative estimate of drug-likeness (QED) is 0.286. The molecule has 29 heavy (non-hydrogen) atoms. The second-order valence-corrected chi connectivity index (χ2v) is 8.13. The predicted molar refractivity (Wildman–Crippen MR) is 117 cm³/mol. The van der Waals surface area contributed by atoms with Crippen LogP contribution >= 0.6 is 0 Å². The van der Waals surface area contributed by atoms with Crippen LogP contribution in [-0.4, -0.2) is 40.1 Å². The summed E-state index contributed by atoms with van der Waals surface area (Å²) in [7, 11) is 1.93. The van der Waals surface area contributed by atoms with Gasteiger partial charge in [-0.25, -0.2) is 0 Å². The Bertz CT molecular complexity index is 585. The number of rotatable bonds is 16. The molecule has 5 heteroatoms. The van der Waals surface area contributed by atoms with Crippen LogP contribution in [0.1, 0.15) is 82.8 Å². The number of hydrogen-bond donors (Lipinski definition) is 2. The SMILES string of the molecule is CCCCCCCCCc1ccc(CN(C)C(CC)CC(C(=O)O)C(=O)O)cc1. The van der Waals surface area contributed by atoms with Gasteiger partial charge in [0, 0.05) is 12.6 Å². The number of hydrogen-bond acceptors (Lipinski definition) is 3. The average Bonchev–Trinajstić information content (AvgIpc) is 2.68. The lowest BCUT2D eigenvalue weighted by Crippen LogP contribution is -2.36. The molecule has 2 N–H and O–H groups in total. The van der Waals surface area contributed by atoms with Gasteiger partial charge in [-0.2, -0.15) is 0 Å². The van der Waals surface area contributed by atoms with Gasteiger partial charge in [-0.05, 0) is 43.9 Å².